The van der Waals surface area contributed by atoms with E-state index in [4.69, 9.17) is 9.47 Å². The highest BCUT2D eigenvalue weighted by molar-refractivity contribution is 6.10. The number of ether oxygens (including phenoxy) is 2. The molecule has 2 amide bonds. The first kappa shape index (κ1) is 18.2. The minimum absolute atomic E-state index is 0.198. The van der Waals surface area contributed by atoms with E-state index in [1.807, 2.05) is 0 Å². The first-order chi connectivity index (χ1) is 13.1. The number of nitrogens with one attached hydrogen (secondary N) is 2. The van der Waals surface area contributed by atoms with E-state index in [-0.39, 0.29) is 12.5 Å². The van der Waals surface area contributed by atoms with Gasteiger partial charge in [-0.1, -0.05) is 12.1 Å². The third-order valence-corrected chi connectivity index (χ3v) is 4.20. The largest absolute Gasteiger partial charge is 0.493 e. The molecule has 0 atom stereocenters. The molecule has 2 N–H and O–H groups in total. The van der Waals surface area contributed by atoms with Gasteiger partial charge >= 0.3 is 0 Å². The number of aldehydes is 1. The maximum absolute atomic E-state index is 12.4. The van der Waals surface area contributed by atoms with E-state index in [0.717, 1.165) is 0 Å². The first-order valence-electron chi connectivity index (χ1n) is 8.17. The number of carbonyl (C=O) groups is 3. The number of hydrogen-bond acceptors (Lipinski definition) is 5. The van der Waals surface area contributed by atoms with Crippen molar-refractivity contribution >= 4 is 29.4 Å². The highest BCUT2D eigenvalue weighted by atomic mass is 16.5. The summed E-state index contributed by atoms with van der Waals surface area (Å²) in [5, 5.41) is 5.42. The fourth-order valence-electron chi connectivity index (χ4n) is 2.87. The molecule has 138 valence electrons. The molecule has 7 nitrogen and oxygen atoms in total. The van der Waals surface area contributed by atoms with Crippen LogP contribution in [0.25, 0.3) is 5.57 Å². The Labute approximate surface area is 156 Å². The fraction of sp³-hybridized carbons (Fsp3) is 0.150. The lowest BCUT2D eigenvalue weighted by molar-refractivity contribution is -0.111. The van der Waals surface area contributed by atoms with Gasteiger partial charge in [0, 0.05) is 18.2 Å². The van der Waals surface area contributed by atoms with Crippen molar-refractivity contribution in [3.8, 4) is 11.5 Å². The summed E-state index contributed by atoms with van der Waals surface area (Å²) in [5.74, 6) is 0.228. The summed E-state index contributed by atoms with van der Waals surface area (Å²) in [6.07, 6.45) is 2.07. The SMILES string of the molecule is COc1cc2c(cc1OC)/C(=C/C(=O)Nc1ccccc1C=O)CNC2=O. The van der Waals surface area contributed by atoms with E-state index in [0.29, 0.717) is 45.7 Å². The van der Waals surface area contributed by atoms with Gasteiger partial charge in [-0.15, -0.1) is 0 Å². The Morgan fingerprint density at radius 2 is 1.78 bits per heavy atom. The lowest BCUT2D eigenvalue weighted by Gasteiger charge is -2.21. The predicted molar refractivity (Wildman–Crippen MR) is 100 cm³/mol. The quantitative estimate of drug-likeness (QED) is 0.625. The van der Waals surface area contributed by atoms with Crippen LogP contribution in [0.1, 0.15) is 26.3 Å². The van der Waals surface area contributed by atoms with Gasteiger partial charge in [-0.2, -0.15) is 0 Å². The predicted octanol–water partition coefficient (Wildman–Crippen LogP) is 2.28. The topological polar surface area (TPSA) is 93.7 Å². The molecule has 1 aliphatic rings. The van der Waals surface area contributed by atoms with Crippen molar-refractivity contribution in [3.63, 3.8) is 0 Å². The molecule has 1 aliphatic heterocycles. The average molecular weight is 366 g/mol. The standard InChI is InChI=1S/C20H18N2O5/c1-26-17-8-14-13(10-21-20(25)15(14)9-18(17)27-2)7-19(24)22-16-6-4-3-5-12(16)11-23/h3-9,11H,10H2,1-2H3,(H,21,25)(H,22,24)/b13-7+. The molecular formula is C20H18N2O5. The van der Waals surface area contributed by atoms with Crippen LogP contribution < -0.4 is 20.1 Å². The van der Waals surface area contributed by atoms with Gasteiger partial charge in [-0.3, -0.25) is 14.4 Å². The Morgan fingerprint density at radius 3 is 2.44 bits per heavy atom. The van der Waals surface area contributed by atoms with E-state index in [9.17, 15) is 14.4 Å². The molecule has 0 spiro atoms. The molecule has 3 rings (SSSR count). The number of anilines is 1. The number of para-hydroxylation sites is 1. The van der Waals surface area contributed by atoms with Crippen molar-refractivity contribution in [3.05, 3.63) is 59.2 Å². The van der Waals surface area contributed by atoms with Crippen LogP contribution in [-0.4, -0.2) is 38.9 Å². The normalized spacial score (nSPS) is 14.1. The number of benzene rings is 2. The zero-order valence-electron chi connectivity index (χ0n) is 14.9. The van der Waals surface area contributed by atoms with Gasteiger partial charge in [0.15, 0.2) is 17.8 Å². The fourth-order valence-corrected chi connectivity index (χ4v) is 2.87. The van der Waals surface area contributed by atoms with Crippen molar-refractivity contribution in [1.29, 1.82) is 0 Å². The first-order valence-corrected chi connectivity index (χ1v) is 8.17. The van der Waals surface area contributed by atoms with Crippen LogP contribution in [0.4, 0.5) is 5.69 Å². The van der Waals surface area contributed by atoms with Crippen LogP contribution in [0, 0.1) is 0 Å². The van der Waals surface area contributed by atoms with Gasteiger partial charge in [0.05, 0.1) is 25.5 Å². The van der Waals surface area contributed by atoms with Crippen molar-refractivity contribution in [2.75, 3.05) is 26.1 Å². The molecule has 0 unspecified atom stereocenters. The molecule has 7 heteroatoms. The van der Waals surface area contributed by atoms with E-state index in [1.165, 1.54) is 20.3 Å². The van der Waals surface area contributed by atoms with Gasteiger partial charge in [0.1, 0.15) is 0 Å². The molecule has 0 radical (unpaired) electrons. The second kappa shape index (κ2) is 7.74. The van der Waals surface area contributed by atoms with Crippen molar-refractivity contribution in [2.45, 2.75) is 0 Å². The zero-order chi connectivity index (χ0) is 19.4. The maximum atomic E-state index is 12.4. The van der Waals surface area contributed by atoms with Crippen LogP contribution in [0.3, 0.4) is 0 Å². The Bertz CT molecular complexity index is 949. The number of rotatable bonds is 5. The van der Waals surface area contributed by atoms with Crippen molar-refractivity contribution in [1.82, 2.24) is 5.32 Å². The second-order valence-electron chi connectivity index (χ2n) is 5.80. The molecule has 27 heavy (non-hydrogen) atoms. The van der Waals surface area contributed by atoms with Gasteiger partial charge in [-0.25, -0.2) is 0 Å². The lowest BCUT2D eigenvalue weighted by Crippen LogP contribution is -2.31. The molecule has 0 fully saturated rings. The molecule has 0 bridgehead atoms. The summed E-state index contributed by atoms with van der Waals surface area (Å²) in [6, 6.07) is 9.95. The summed E-state index contributed by atoms with van der Waals surface area (Å²) < 4.78 is 10.5. The van der Waals surface area contributed by atoms with Crippen LogP contribution in [0.15, 0.2) is 42.5 Å². The van der Waals surface area contributed by atoms with Crippen molar-refractivity contribution in [2.24, 2.45) is 0 Å². The number of fused-ring (bicyclic) bond motifs is 1. The lowest BCUT2D eigenvalue weighted by atomic mass is 9.94. The molecule has 2 aromatic carbocycles. The van der Waals surface area contributed by atoms with E-state index in [1.54, 1.807) is 36.4 Å². The third kappa shape index (κ3) is 3.67. The van der Waals surface area contributed by atoms with E-state index < -0.39 is 5.91 Å². The highest BCUT2D eigenvalue weighted by Crippen LogP contribution is 2.35. The van der Waals surface area contributed by atoms with Gasteiger partial charge in [0.2, 0.25) is 5.91 Å². The van der Waals surface area contributed by atoms with Crippen LogP contribution in [0.5, 0.6) is 11.5 Å². The Kier molecular flexibility index (Phi) is 5.21. The summed E-state index contributed by atoms with van der Waals surface area (Å²) in [7, 11) is 2.99. The summed E-state index contributed by atoms with van der Waals surface area (Å²) in [6.45, 7) is 0.198. The Balaban J connectivity index is 1.96. The minimum atomic E-state index is -0.406. The number of hydrogen-bond donors (Lipinski definition) is 2. The van der Waals surface area contributed by atoms with Gasteiger partial charge < -0.3 is 20.1 Å². The Hall–Kier alpha value is -3.61. The smallest absolute Gasteiger partial charge is 0.252 e. The minimum Gasteiger partial charge on any atom is -0.493 e. The molecule has 0 aliphatic carbocycles. The van der Waals surface area contributed by atoms with E-state index >= 15 is 0 Å². The molecular weight excluding hydrogens is 348 g/mol. The zero-order valence-corrected chi connectivity index (χ0v) is 14.9. The van der Waals surface area contributed by atoms with Crippen molar-refractivity contribution < 1.29 is 23.9 Å². The number of methoxy groups -OCH3 is 2. The number of carbonyl (C=O) groups excluding carboxylic acids is 3. The molecule has 1 heterocycles. The highest BCUT2D eigenvalue weighted by Gasteiger charge is 2.24. The van der Waals surface area contributed by atoms with Gasteiger partial charge in [-0.05, 0) is 35.4 Å². The molecule has 0 aromatic heterocycles. The Morgan fingerprint density at radius 1 is 1.11 bits per heavy atom. The molecule has 2 aromatic rings. The molecule has 0 saturated heterocycles. The van der Waals surface area contributed by atoms with Crippen LogP contribution in [-0.2, 0) is 4.79 Å². The number of amides is 2. The van der Waals surface area contributed by atoms with Crippen LogP contribution >= 0.6 is 0 Å². The maximum Gasteiger partial charge on any atom is 0.252 e. The summed E-state index contributed by atoms with van der Waals surface area (Å²) in [4.78, 5) is 35.7. The summed E-state index contributed by atoms with van der Waals surface area (Å²) >= 11 is 0. The monoisotopic (exact) mass is 366 g/mol. The van der Waals surface area contributed by atoms with Crippen LogP contribution in [0.2, 0.25) is 0 Å². The van der Waals surface area contributed by atoms with E-state index in [2.05, 4.69) is 10.6 Å². The summed E-state index contributed by atoms with van der Waals surface area (Å²) in [5.41, 5.74) is 2.41. The third-order valence-electron chi connectivity index (χ3n) is 4.20. The average Bonchev–Trinajstić information content (AvgIpc) is 2.69. The van der Waals surface area contributed by atoms with Gasteiger partial charge in [0.25, 0.3) is 5.91 Å². The second-order valence-corrected chi connectivity index (χ2v) is 5.80. The molecule has 0 saturated carbocycles.